The SMILES string of the molecule is CC(C)(C)OC(=O)c1cc(-c2ccccn2)ccc1Cl. The number of esters is 1. The summed E-state index contributed by atoms with van der Waals surface area (Å²) < 4.78 is 5.35. The van der Waals surface area contributed by atoms with E-state index in [1.54, 1.807) is 18.3 Å². The molecule has 0 aliphatic heterocycles. The van der Waals surface area contributed by atoms with Crippen molar-refractivity contribution < 1.29 is 9.53 Å². The standard InChI is InChI=1S/C16H16ClNO2/c1-16(2,3)20-15(19)12-10-11(7-8-13(12)17)14-6-4-5-9-18-14/h4-10H,1-3H3. The maximum absolute atomic E-state index is 12.1. The smallest absolute Gasteiger partial charge is 0.340 e. The summed E-state index contributed by atoms with van der Waals surface area (Å²) >= 11 is 6.09. The topological polar surface area (TPSA) is 39.2 Å². The lowest BCUT2D eigenvalue weighted by Gasteiger charge is -2.20. The summed E-state index contributed by atoms with van der Waals surface area (Å²) in [6, 6.07) is 10.8. The Labute approximate surface area is 123 Å². The minimum atomic E-state index is -0.554. The lowest BCUT2D eigenvalue weighted by Crippen LogP contribution is -2.24. The fraction of sp³-hybridized carbons (Fsp3) is 0.250. The molecule has 0 radical (unpaired) electrons. The van der Waals surface area contributed by atoms with Crippen LogP contribution >= 0.6 is 11.6 Å². The normalized spacial score (nSPS) is 11.2. The van der Waals surface area contributed by atoms with Crippen LogP contribution in [0.3, 0.4) is 0 Å². The Bertz CT molecular complexity index is 618. The van der Waals surface area contributed by atoms with E-state index in [1.807, 2.05) is 45.0 Å². The second-order valence-electron chi connectivity index (χ2n) is 5.41. The van der Waals surface area contributed by atoms with Crippen molar-refractivity contribution in [2.45, 2.75) is 26.4 Å². The highest BCUT2D eigenvalue weighted by molar-refractivity contribution is 6.33. The third-order valence-corrected chi connectivity index (χ3v) is 2.88. The van der Waals surface area contributed by atoms with E-state index < -0.39 is 11.6 Å². The monoisotopic (exact) mass is 289 g/mol. The molecule has 4 heteroatoms. The highest BCUT2D eigenvalue weighted by atomic mass is 35.5. The van der Waals surface area contributed by atoms with Gasteiger partial charge in [-0.15, -0.1) is 0 Å². The highest BCUT2D eigenvalue weighted by Gasteiger charge is 2.20. The molecule has 0 aliphatic rings. The van der Waals surface area contributed by atoms with Crippen molar-refractivity contribution in [3.63, 3.8) is 0 Å². The minimum absolute atomic E-state index is 0.352. The Kier molecular flexibility index (Phi) is 4.09. The number of halogens is 1. The lowest BCUT2D eigenvalue weighted by atomic mass is 10.1. The van der Waals surface area contributed by atoms with Gasteiger partial charge in [-0.3, -0.25) is 4.98 Å². The van der Waals surface area contributed by atoms with Gasteiger partial charge in [0.2, 0.25) is 0 Å². The Morgan fingerprint density at radius 2 is 1.95 bits per heavy atom. The Hall–Kier alpha value is -1.87. The molecule has 1 aromatic heterocycles. The molecule has 0 unspecified atom stereocenters. The van der Waals surface area contributed by atoms with Gasteiger partial charge in [-0.05, 0) is 45.0 Å². The minimum Gasteiger partial charge on any atom is -0.456 e. The second-order valence-corrected chi connectivity index (χ2v) is 5.82. The molecule has 1 aromatic carbocycles. The number of carbonyl (C=O) groups is 1. The maximum Gasteiger partial charge on any atom is 0.340 e. The van der Waals surface area contributed by atoms with Crippen molar-refractivity contribution in [3.05, 3.63) is 53.2 Å². The number of nitrogens with zero attached hydrogens (tertiary/aromatic N) is 1. The highest BCUT2D eigenvalue weighted by Crippen LogP contribution is 2.25. The number of hydrogen-bond donors (Lipinski definition) is 0. The van der Waals surface area contributed by atoms with Gasteiger partial charge in [-0.25, -0.2) is 4.79 Å². The number of aromatic nitrogens is 1. The molecule has 0 saturated carbocycles. The van der Waals surface area contributed by atoms with Crippen LogP contribution in [0.2, 0.25) is 5.02 Å². The van der Waals surface area contributed by atoms with Crippen LogP contribution in [0.4, 0.5) is 0 Å². The second kappa shape index (κ2) is 5.63. The molecular formula is C16H16ClNO2. The number of pyridine rings is 1. The third kappa shape index (κ3) is 3.58. The van der Waals surface area contributed by atoms with Gasteiger partial charge in [0, 0.05) is 11.8 Å². The summed E-state index contributed by atoms with van der Waals surface area (Å²) in [5.41, 5.74) is 1.41. The number of rotatable bonds is 2. The molecule has 0 bridgehead atoms. The van der Waals surface area contributed by atoms with Crippen molar-refractivity contribution in [1.82, 2.24) is 4.98 Å². The molecule has 104 valence electrons. The molecule has 2 rings (SSSR count). The van der Waals surface area contributed by atoms with E-state index in [-0.39, 0.29) is 0 Å². The lowest BCUT2D eigenvalue weighted by molar-refractivity contribution is 0.00698. The zero-order valence-electron chi connectivity index (χ0n) is 11.7. The molecule has 0 aliphatic carbocycles. The molecule has 3 nitrogen and oxygen atoms in total. The van der Waals surface area contributed by atoms with E-state index in [1.165, 1.54) is 0 Å². The summed E-state index contributed by atoms with van der Waals surface area (Å²) in [4.78, 5) is 16.4. The summed E-state index contributed by atoms with van der Waals surface area (Å²) in [6.45, 7) is 5.46. The van der Waals surface area contributed by atoms with Crippen LogP contribution in [0.5, 0.6) is 0 Å². The van der Waals surface area contributed by atoms with Crippen LogP contribution in [0.1, 0.15) is 31.1 Å². The van der Waals surface area contributed by atoms with E-state index in [0.29, 0.717) is 10.6 Å². The molecule has 0 N–H and O–H groups in total. The number of carbonyl (C=O) groups excluding carboxylic acids is 1. The van der Waals surface area contributed by atoms with Gasteiger partial charge in [-0.1, -0.05) is 23.7 Å². The number of benzene rings is 1. The van der Waals surface area contributed by atoms with Gasteiger partial charge in [0.1, 0.15) is 5.60 Å². The quantitative estimate of drug-likeness (QED) is 0.771. The molecule has 0 amide bonds. The van der Waals surface area contributed by atoms with E-state index in [0.717, 1.165) is 11.3 Å². The van der Waals surface area contributed by atoms with Gasteiger partial charge >= 0.3 is 5.97 Å². The first kappa shape index (κ1) is 14.5. The molecule has 2 aromatic rings. The van der Waals surface area contributed by atoms with Crippen LogP contribution in [-0.4, -0.2) is 16.6 Å². The van der Waals surface area contributed by atoms with Crippen LogP contribution < -0.4 is 0 Å². The van der Waals surface area contributed by atoms with E-state index in [9.17, 15) is 4.79 Å². The molecule has 1 heterocycles. The van der Waals surface area contributed by atoms with Crippen LogP contribution in [0.25, 0.3) is 11.3 Å². The largest absolute Gasteiger partial charge is 0.456 e. The van der Waals surface area contributed by atoms with Gasteiger partial charge in [0.25, 0.3) is 0 Å². The summed E-state index contributed by atoms with van der Waals surface area (Å²) in [7, 11) is 0. The van der Waals surface area contributed by atoms with Gasteiger partial charge in [0.05, 0.1) is 16.3 Å². The summed E-state index contributed by atoms with van der Waals surface area (Å²) in [5, 5.41) is 0.374. The van der Waals surface area contributed by atoms with Crippen LogP contribution in [0, 0.1) is 0 Å². The average Bonchev–Trinajstić information content (AvgIpc) is 2.38. The first-order valence-electron chi connectivity index (χ1n) is 6.31. The fourth-order valence-corrected chi connectivity index (χ4v) is 1.90. The molecule has 0 spiro atoms. The average molecular weight is 290 g/mol. The first-order valence-corrected chi connectivity index (χ1v) is 6.69. The summed E-state index contributed by atoms with van der Waals surface area (Å²) in [6.07, 6.45) is 1.71. The zero-order valence-corrected chi connectivity index (χ0v) is 12.4. The summed E-state index contributed by atoms with van der Waals surface area (Å²) in [5.74, 6) is -0.430. The van der Waals surface area contributed by atoms with Crippen molar-refractivity contribution >= 4 is 17.6 Å². The molecule has 20 heavy (non-hydrogen) atoms. The van der Waals surface area contributed by atoms with Gasteiger partial charge in [-0.2, -0.15) is 0 Å². The number of ether oxygens (including phenoxy) is 1. The maximum atomic E-state index is 12.1. The third-order valence-electron chi connectivity index (χ3n) is 2.55. The predicted molar refractivity (Wildman–Crippen MR) is 79.9 cm³/mol. The van der Waals surface area contributed by atoms with Crippen molar-refractivity contribution in [2.75, 3.05) is 0 Å². The molecular weight excluding hydrogens is 274 g/mol. The molecule has 0 atom stereocenters. The Morgan fingerprint density at radius 3 is 2.55 bits per heavy atom. The van der Waals surface area contributed by atoms with Crippen molar-refractivity contribution in [3.8, 4) is 11.3 Å². The van der Waals surface area contributed by atoms with E-state index >= 15 is 0 Å². The van der Waals surface area contributed by atoms with Crippen LogP contribution in [-0.2, 0) is 4.74 Å². The van der Waals surface area contributed by atoms with Gasteiger partial charge < -0.3 is 4.74 Å². The van der Waals surface area contributed by atoms with E-state index in [2.05, 4.69) is 4.98 Å². The Balaban J connectivity index is 2.37. The molecule has 0 saturated heterocycles. The van der Waals surface area contributed by atoms with E-state index in [4.69, 9.17) is 16.3 Å². The predicted octanol–water partition coefficient (Wildman–Crippen LogP) is 4.36. The van der Waals surface area contributed by atoms with Gasteiger partial charge in [0.15, 0.2) is 0 Å². The zero-order chi connectivity index (χ0) is 14.8. The van der Waals surface area contributed by atoms with Crippen LogP contribution in [0.15, 0.2) is 42.6 Å². The fourth-order valence-electron chi connectivity index (χ4n) is 1.71. The first-order chi connectivity index (χ1) is 9.37. The van der Waals surface area contributed by atoms with Crippen molar-refractivity contribution in [2.24, 2.45) is 0 Å². The van der Waals surface area contributed by atoms with Crippen molar-refractivity contribution in [1.29, 1.82) is 0 Å². The Morgan fingerprint density at radius 1 is 1.20 bits per heavy atom. The molecule has 0 fully saturated rings. The number of hydrogen-bond acceptors (Lipinski definition) is 3.